The molecule has 1 aromatic rings. The average molecular weight is 291 g/mol. The molecule has 7 heteroatoms. The van der Waals surface area contributed by atoms with Crippen LogP contribution < -0.4 is 4.74 Å². The van der Waals surface area contributed by atoms with Crippen molar-refractivity contribution < 1.29 is 18.9 Å². The first-order chi connectivity index (χ1) is 9.36. The molecule has 0 aliphatic rings. The fourth-order valence-electron chi connectivity index (χ4n) is 1.17. The van der Waals surface area contributed by atoms with Gasteiger partial charge in [0.05, 0.1) is 44.6 Å². The summed E-state index contributed by atoms with van der Waals surface area (Å²) >= 11 is 5.60. The van der Waals surface area contributed by atoms with Crippen LogP contribution in [0.5, 0.6) is 5.88 Å². The second-order valence-electron chi connectivity index (χ2n) is 3.56. The van der Waals surface area contributed by atoms with Crippen LogP contribution in [0.4, 0.5) is 0 Å². The van der Waals surface area contributed by atoms with Crippen molar-refractivity contribution in [2.75, 3.05) is 46.8 Å². The quantitative estimate of drug-likeness (QED) is 0.452. The predicted octanol–water partition coefficient (Wildman–Crippen LogP) is 1.27. The maximum absolute atomic E-state index is 5.60. The van der Waals surface area contributed by atoms with Crippen molar-refractivity contribution in [2.24, 2.45) is 0 Å². The first-order valence-corrected chi connectivity index (χ1v) is 6.56. The lowest BCUT2D eigenvalue weighted by Gasteiger charge is -2.06. The van der Waals surface area contributed by atoms with Gasteiger partial charge in [0.15, 0.2) is 0 Å². The molecule has 1 rings (SSSR count). The highest BCUT2D eigenvalue weighted by Gasteiger charge is 1.98. The fraction of sp³-hybridized carbons (Fsp3) is 0.667. The van der Waals surface area contributed by atoms with Crippen LogP contribution >= 0.6 is 11.6 Å². The highest BCUT2D eigenvalue weighted by molar-refractivity contribution is 6.16. The van der Waals surface area contributed by atoms with Crippen molar-refractivity contribution in [3.63, 3.8) is 0 Å². The average Bonchev–Trinajstić information content (AvgIpc) is 2.46. The Morgan fingerprint density at radius 3 is 2.21 bits per heavy atom. The third-order valence-electron chi connectivity index (χ3n) is 2.11. The van der Waals surface area contributed by atoms with Crippen LogP contribution in [-0.2, 0) is 20.1 Å². The second kappa shape index (κ2) is 10.9. The van der Waals surface area contributed by atoms with Gasteiger partial charge in [0, 0.05) is 13.2 Å². The van der Waals surface area contributed by atoms with E-state index in [1.54, 1.807) is 19.2 Å². The molecule has 0 spiro atoms. The molecule has 1 heterocycles. The summed E-state index contributed by atoms with van der Waals surface area (Å²) in [6.45, 7) is 3.16. The van der Waals surface area contributed by atoms with Gasteiger partial charge >= 0.3 is 0 Å². The Bertz CT molecular complexity index is 324. The van der Waals surface area contributed by atoms with E-state index in [1.165, 1.54) is 0 Å². The van der Waals surface area contributed by atoms with E-state index >= 15 is 0 Å². The molecule has 1 aromatic heterocycles. The van der Waals surface area contributed by atoms with E-state index in [9.17, 15) is 0 Å². The third kappa shape index (κ3) is 7.94. The summed E-state index contributed by atoms with van der Waals surface area (Å²) in [6.07, 6.45) is 0. The minimum Gasteiger partial charge on any atom is -0.474 e. The van der Waals surface area contributed by atoms with Gasteiger partial charge < -0.3 is 18.9 Å². The molecule has 0 amide bonds. The number of alkyl halides is 1. The largest absolute Gasteiger partial charge is 0.474 e. The predicted molar refractivity (Wildman–Crippen MR) is 70.6 cm³/mol. The molecule has 0 atom stereocenters. The van der Waals surface area contributed by atoms with Crippen LogP contribution in [0.2, 0.25) is 0 Å². The number of aromatic nitrogens is 2. The standard InChI is InChI=1S/C12H19ClN2O4/c1-16-4-5-17-6-7-18-8-9-19-12-3-2-11(10-13)14-15-12/h2-3H,4-10H2,1H3. The Morgan fingerprint density at radius 2 is 1.63 bits per heavy atom. The van der Waals surface area contributed by atoms with Crippen LogP contribution in [0.1, 0.15) is 5.69 Å². The van der Waals surface area contributed by atoms with Crippen molar-refractivity contribution in [1.82, 2.24) is 10.2 Å². The molecular formula is C12H19ClN2O4. The Morgan fingerprint density at radius 1 is 0.947 bits per heavy atom. The number of hydrogen-bond acceptors (Lipinski definition) is 6. The van der Waals surface area contributed by atoms with Crippen molar-refractivity contribution in [1.29, 1.82) is 0 Å². The van der Waals surface area contributed by atoms with E-state index in [2.05, 4.69) is 10.2 Å². The minimum atomic E-state index is 0.347. The Kier molecular flexibility index (Phi) is 9.26. The zero-order chi connectivity index (χ0) is 13.8. The summed E-state index contributed by atoms with van der Waals surface area (Å²) in [7, 11) is 1.64. The van der Waals surface area contributed by atoms with E-state index in [0.29, 0.717) is 51.4 Å². The molecule has 0 radical (unpaired) electrons. The summed E-state index contributed by atoms with van der Waals surface area (Å²) in [5.41, 5.74) is 0.721. The minimum absolute atomic E-state index is 0.347. The number of hydrogen-bond donors (Lipinski definition) is 0. The molecule has 0 fully saturated rings. The van der Waals surface area contributed by atoms with E-state index < -0.39 is 0 Å². The van der Waals surface area contributed by atoms with Crippen LogP contribution in [-0.4, -0.2) is 56.9 Å². The van der Waals surface area contributed by atoms with Crippen molar-refractivity contribution in [2.45, 2.75) is 5.88 Å². The molecule has 0 aliphatic heterocycles. The van der Waals surface area contributed by atoms with Crippen LogP contribution in [0.15, 0.2) is 12.1 Å². The van der Waals surface area contributed by atoms with Gasteiger partial charge in [-0.15, -0.1) is 16.7 Å². The molecule has 19 heavy (non-hydrogen) atoms. The number of rotatable bonds is 11. The van der Waals surface area contributed by atoms with Gasteiger partial charge in [-0.25, -0.2) is 0 Å². The Labute approximate surface area is 118 Å². The lowest BCUT2D eigenvalue weighted by molar-refractivity contribution is 0.0176. The molecule has 0 saturated carbocycles. The van der Waals surface area contributed by atoms with Gasteiger partial charge in [0.25, 0.3) is 0 Å². The van der Waals surface area contributed by atoms with Crippen LogP contribution in [0.25, 0.3) is 0 Å². The smallest absolute Gasteiger partial charge is 0.233 e. The maximum Gasteiger partial charge on any atom is 0.233 e. The summed E-state index contributed by atoms with van der Waals surface area (Å²) < 4.78 is 20.8. The zero-order valence-electron chi connectivity index (χ0n) is 11.0. The summed E-state index contributed by atoms with van der Waals surface area (Å²) in [4.78, 5) is 0. The monoisotopic (exact) mass is 290 g/mol. The van der Waals surface area contributed by atoms with Crippen molar-refractivity contribution >= 4 is 11.6 Å². The topological polar surface area (TPSA) is 62.7 Å². The van der Waals surface area contributed by atoms with Gasteiger partial charge in [0.2, 0.25) is 5.88 Å². The van der Waals surface area contributed by atoms with Gasteiger partial charge in [0.1, 0.15) is 6.61 Å². The highest BCUT2D eigenvalue weighted by Crippen LogP contribution is 2.05. The second-order valence-corrected chi connectivity index (χ2v) is 3.83. The van der Waals surface area contributed by atoms with Crippen molar-refractivity contribution in [3.8, 4) is 5.88 Å². The van der Waals surface area contributed by atoms with Gasteiger partial charge in [-0.2, -0.15) is 5.10 Å². The summed E-state index contributed by atoms with van der Waals surface area (Å²) in [5.74, 6) is 0.813. The highest BCUT2D eigenvalue weighted by atomic mass is 35.5. The Balaban J connectivity index is 1.95. The number of nitrogens with zero attached hydrogens (tertiary/aromatic N) is 2. The summed E-state index contributed by atoms with van der Waals surface area (Å²) in [5, 5.41) is 7.74. The molecule has 6 nitrogen and oxygen atoms in total. The van der Waals surface area contributed by atoms with E-state index in [1.807, 2.05) is 0 Å². The van der Waals surface area contributed by atoms with Crippen LogP contribution in [0, 0.1) is 0 Å². The van der Waals surface area contributed by atoms with E-state index in [0.717, 1.165) is 5.69 Å². The lowest BCUT2D eigenvalue weighted by Crippen LogP contribution is -2.12. The molecular weight excluding hydrogens is 272 g/mol. The van der Waals surface area contributed by atoms with Gasteiger partial charge in [-0.3, -0.25) is 0 Å². The van der Waals surface area contributed by atoms with E-state index in [4.69, 9.17) is 30.5 Å². The zero-order valence-corrected chi connectivity index (χ0v) is 11.8. The molecule has 0 unspecified atom stereocenters. The van der Waals surface area contributed by atoms with E-state index in [-0.39, 0.29) is 0 Å². The van der Waals surface area contributed by atoms with Gasteiger partial charge in [-0.1, -0.05) is 0 Å². The molecule has 0 aromatic carbocycles. The Hall–Kier alpha value is -0.950. The maximum atomic E-state index is 5.60. The molecule has 0 N–H and O–H groups in total. The first kappa shape index (κ1) is 16.1. The number of halogens is 1. The SMILES string of the molecule is COCCOCCOCCOc1ccc(CCl)nn1. The normalized spacial score (nSPS) is 10.6. The molecule has 108 valence electrons. The molecule has 0 bridgehead atoms. The number of methoxy groups -OCH3 is 1. The fourth-order valence-corrected chi connectivity index (χ4v) is 1.31. The first-order valence-electron chi connectivity index (χ1n) is 6.02. The van der Waals surface area contributed by atoms with Crippen molar-refractivity contribution in [3.05, 3.63) is 17.8 Å². The lowest BCUT2D eigenvalue weighted by atomic mass is 10.4. The molecule has 0 saturated heterocycles. The van der Waals surface area contributed by atoms with Gasteiger partial charge in [-0.05, 0) is 6.07 Å². The number of ether oxygens (including phenoxy) is 4. The third-order valence-corrected chi connectivity index (χ3v) is 2.39. The van der Waals surface area contributed by atoms with Crippen LogP contribution in [0.3, 0.4) is 0 Å². The molecule has 0 aliphatic carbocycles. The summed E-state index contributed by atoms with van der Waals surface area (Å²) in [6, 6.07) is 3.51.